The molecule has 1 N–H and O–H groups in total. The van der Waals surface area contributed by atoms with Crippen LogP contribution in [-0.4, -0.2) is 30.2 Å². The fourth-order valence-corrected chi connectivity index (χ4v) is 2.09. The zero-order valence-electron chi connectivity index (χ0n) is 9.18. The standard InChI is InChI=1S/C11H15N3OS/c1-12-10-3-2-9(5-13-10)14-6-8(7-16)4-11(14)15/h2-3,5,8,16H,4,6-7H2,1H3,(H,12,13). The van der Waals surface area contributed by atoms with Gasteiger partial charge in [-0.15, -0.1) is 0 Å². The van der Waals surface area contributed by atoms with Gasteiger partial charge in [-0.1, -0.05) is 0 Å². The summed E-state index contributed by atoms with van der Waals surface area (Å²) in [6, 6.07) is 3.79. The lowest BCUT2D eigenvalue weighted by Gasteiger charge is -2.16. The number of carbonyl (C=O) groups is 1. The number of amides is 1. The third-order valence-corrected chi connectivity index (χ3v) is 3.30. The SMILES string of the molecule is CNc1ccc(N2CC(CS)CC2=O)cn1. The van der Waals surface area contributed by atoms with Crippen LogP contribution in [0.25, 0.3) is 0 Å². The molecule has 0 bridgehead atoms. The van der Waals surface area contributed by atoms with E-state index in [1.54, 1.807) is 11.1 Å². The molecule has 0 aliphatic carbocycles. The van der Waals surface area contributed by atoms with Gasteiger partial charge < -0.3 is 10.2 Å². The van der Waals surface area contributed by atoms with Crippen LogP contribution >= 0.6 is 12.6 Å². The maximum absolute atomic E-state index is 11.7. The van der Waals surface area contributed by atoms with Crippen molar-refractivity contribution in [2.75, 3.05) is 29.6 Å². The summed E-state index contributed by atoms with van der Waals surface area (Å²) in [5, 5.41) is 2.95. The second-order valence-electron chi connectivity index (χ2n) is 3.91. The monoisotopic (exact) mass is 237 g/mol. The van der Waals surface area contributed by atoms with E-state index in [1.807, 2.05) is 19.2 Å². The number of hydrogen-bond donors (Lipinski definition) is 2. The van der Waals surface area contributed by atoms with Crippen LogP contribution in [0.1, 0.15) is 6.42 Å². The van der Waals surface area contributed by atoms with Crippen LogP contribution in [-0.2, 0) is 4.79 Å². The maximum Gasteiger partial charge on any atom is 0.227 e. The van der Waals surface area contributed by atoms with Gasteiger partial charge in [0.25, 0.3) is 0 Å². The lowest BCUT2D eigenvalue weighted by molar-refractivity contribution is -0.117. The molecule has 1 aliphatic rings. The fourth-order valence-electron chi connectivity index (χ4n) is 1.85. The number of anilines is 2. The fraction of sp³-hybridized carbons (Fsp3) is 0.455. The zero-order valence-corrected chi connectivity index (χ0v) is 10.1. The summed E-state index contributed by atoms with van der Waals surface area (Å²) in [5.41, 5.74) is 0.869. The van der Waals surface area contributed by atoms with E-state index in [-0.39, 0.29) is 5.91 Å². The Morgan fingerprint density at radius 3 is 2.94 bits per heavy atom. The number of pyridine rings is 1. The Bertz CT molecular complexity index is 379. The number of hydrogen-bond acceptors (Lipinski definition) is 4. The number of thiol groups is 1. The molecule has 16 heavy (non-hydrogen) atoms. The van der Waals surface area contributed by atoms with E-state index in [1.165, 1.54) is 0 Å². The Labute approximate surface area is 100 Å². The average molecular weight is 237 g/mol. The molecule has 1 atom stereocenters. The molecule has 1 aliphatic heterocycles. The van der Waals surface area contributed by atoms with Gasteiger partial charge in [0.05, 0.1) is 11.9 Å². The summed E-state index contributed by atoms with van der Waals surface area (Å²) in [4.78, 5) is 17.7. The van der Waals surface area contributed by atoms with Crippen molar-refractivity contribution in [2.24, 2.45) is 5.92 Å². The number of aromatic nitrogens is 1. The van der Waals surface area contributed by atoms with Gasteiger partial charge in [-0.3, -0.25) is 4.79 Å². The molecule has 0 spiro atoms. The third kappa shape index (κ3) is 2.14. The Balaban J connectivity index is 2.15. The quantitative estimate of drug-likeness (QED) is 0.781. The first-order valence-electron chi connectivity index (χ1n) is 5.29. The van der Waals surface area contributed by atoms with Crippen molar-refractivity contribution < 1.29 is 4.79 Å². The first-order valence-corrected chi connectivity index (χ1v) is 5.93. The van der Waals surface area contributed by atoms with Gasteiger partial charge in [0.2, 0.25) is 5.91 Å². The lowest BCUT2D eigenvalue weighted by atomic mass is 10.1. The molecule has 2 rings (SSSR count). The summed E-state index contributed by atoms with van der Waals surface area (Å²) in [5.74, 6) is 2.09. The van der Waals surface area contributed by atoms with Crippen molar-refractivity contribution in [3.8, 4) is 0 Å². The van der Waals surface area contributed by atoms with E-state index in [9.17, 15) is 4.79 Å². The van der Waals surface area contributed by atoms with Crippen molar-refractivity contribution in [3.63, 3.8) is 0 Å². The van der Waals surface area contributed by atoms with Gasteiger partial charge in [-0.2, -0.15) is 12.6 Å². The molecular weight excluding hydrogens is 222 g/mol. The maximum atomic E-state index is 11.7. The summed E-state index contributed by atoms with van der Waals surface area (Å²) >= 11 is 4.24. The average Bonchev–Trinajstić information content (AvgIpc) is 2.71. The number of nitrogens with one attached hydrogen (secondary N) is 1. The Morgan fingerprint density at radius 1 is 1.62 bits per heavy atom. The normalized spacial score (nSPS) is 20.2. The van der Waals surface area contributed by atoms with Crippen molar-refractivity contribution in [1.82, 2.24) is 4.98 Å². The molecule has 0 radical (unpaired) electrons. The smallest absolute Gasteiger partial charge is 0.227 e. The predicted molar refractivity (Wildman–Crippen MR) is 68.1 cm³/mol. The minimum Gasteiger partial charge on any atom is -0.373 e. The molecule has 1 aromatic heterocycles. The highest BCUT2D eigenvalue weighted by Gasteiger charge is 2.29. The minimum absolute atomic E-state index is 0.165. The Kier molecular flexibility index (Phi) is 3.33. The first-order chi connectivity index (χ1) is 7.74. The molecule has 5 heteroatoms. The van der Waals surface area contributed by atoms with Gasteiger partial charge >= 0.3 is 0 Å². The van der Waals surface area contributed by atoms with Crippen LogP contribution in [0.3, 0.4) is 0 Å². The second-order valence-corrected chi connectivity index (χ2v) is 4.27. The largest absolute Gasteiger partial charge is 0.373 e. The first kappa shape index (κ1) is 11.3. The van der Waals surface area contributed by atoms with Crippen LogP contribution in [0.15, 0.2) is 18.3 Å². The molecule has 4 nitrogen and oxygen atoms in total. The topological polar surface area (TPSA) is 45.2 Å². The van der Waals surface area contributed by atoms with E-state index in [0.29, 0.717) is 12.3 Å². The lowest BCUT2D eigenvalue weighted by Crippen LogP contribution is -2.24. The van der Waals surface area contributed by atoms with Crippen LogP contribution in [0, 0.1) is 5.92 Å². The highest BCUT2D eigenvalue weighted by Crippen LogP contribution is 2.25. The molecule has 1 amide bonds. The van der Waals surface area contributed by atoms with E-state index in [0.717, 1.165) is 23.8 Å². The van der Waals surface area contributed by atoms with Gasteiger partial charge in [0.15, 0.2) is 0 Å². The highest BCUT2D eigenvalue weighted by atomic mass is 32.1. The number of nitrogens with zero attached hydrogens (tertiary/aromatic N) is 2. The molecule has 1 saturated heterocycles. The Morgan fingerprint density at radius 2 is 2.44 bits per heavy atom. The second kappa shape index (κ2) is 4.74. The third-order valence-electron chi connectivity index (χ3n) is 2.78. The highest BCUT2D eigenvalue weighted by molar-refractivity contribution is 7.80. The molecule has 1 unspecified atom stereocenters. The molecular formula is C11H15N3OS. The van der Waals surface area contributed by atoms with Crippen LogP contribution in [0.2, 0.25) is 0 Å². The van der Waals surface area contributed by atoms with Gasteiger partial charge in [0.1, 0.15) is 5.82 Å². The zero-order chi connectivity index (χ0) is 11.5. The van der Waals surface area contributed by atoms with Crippen LogP contribution < -0.4 is 10.2 Å². The van der Waals surface area contributed by atoms with E-state index in [2.05, 4.69) is 22.9 Å². The van der Waals surface area contributed by atoms with Gasteiger partial charge in [-0.25, -0.2) is 4.98 Å². The summed E-state index contributed by atoms with van der Waals surface area (Å²) in [6.07, 6.45) is 2.32. The van der Waals surface area contributed by atoms with Crippen molar-refractivity contribution in [1.29, 1.82) is 0 Å². The van der Waals surface area contributed by atoms with E-state index in [4.69, 9.17) is 0 Å². The molecule has 1 aromatic rings. The van der Waals surface area contributed by atoms with Crippen LogP contribution in [0.4, 0.5) is 11.5 Å². The molecule has 0 aromatic carbocycles. The van der Waals surface area contributed by atoms with Gasteiger partial charge in [0, 0.05) is 20.0 Å². The summed E-state index contributed by atoms with van der Waals surface area (Å²) < 4.78 is 0. The number of carbonyl (C=O) groups excluding carboxylic acids is 1. The number of rotatable bonds is 3. The van der Waals surface area contributed by atoms with Crippen molar-refractivity contribution in [3.05, 3.63) is 18.3 Å². The predicted octanol–water partition coefficient (Wildman–Crippen LogP) is 1.41. The van der Waals surface area contributed by atoms with E-state index < -0.39 is 0 Å². The molecule has 86 valence electrons. The van der Waals surface area contributed by atoms with Crippen LogP contribution in [0.5, 0.6) is 0 Å². The van der Waals surface area contributed by atoms with Crippen molar-refractivity contribution >= 4 is 30.0 Å². The van der Waals surface area contributed by atoms with Crippen molar-refractivity contribution in [2.45, 2.75) is 6.42 Å². The minimum atomic E-state index is 0.165. The van der Waals surface area contributed by atoms with E-state index >= 15 is 0 Å². The summed E-state index contributed by atoms with van der Waals surface area (Å²) in [7, 11) is 1.82. The molecule has 1 fully saturated rings. The summed E-state index contributed by atoms with van der Waals surface area (Å²) in [6.45, 7) is 0.753. The molecule has 0 saturated carbocycles. The Hall–Kier alpha value is -1.23. The van der Waals surface area contributed by atoms with Gasteiger partial charge in [-0.05, 0) is 23.8 Å². The molecule has 2 heterocycles.